The molecule has 0 bridgehead atoms. The normalized spacial score (nSPS) is 15.2. The molecule has 1 aromatic rings. The van der Waals surface area contributed by atoms with Crippen molar-refractivity contribution in [3.05, 3.63) is 35.4 Å². The largest absolute Gasteiger partial charge is 0.469 e. The van der Waals surface area contributed by atoms with Gasteiger partial charge < -0.3 is 4.74 Å². The summed E-state index contributed by atoms with van der Waals surface area (Å²) in [7, 11) is 1.44. The number of hydrogen-bond donors (Lipinski definition) is 0. The van der Waals surface area contributed by atoms with Gasteiger partial charge in [-0.1, -0.05) is 37.6 Å². The molecule has 2 rings (SSSR count). The van der Waals surface area contributed by atoms with Gasteiger partial charge in [0.15, 0.2) is 0 Å². The number of nitrogens with zero attached hydrogens (tertiary/aromatic N) is 1. The molecule has 1 saturated carbocycles. The van der Waals surface area contributed by atoms with Crippen LogP contribution in [-0.4, -0.2) is 31.1 Å². The average Bonchev–Trinajstić information content (AvgIpc) is 2.43. The van der Waals surface area contributed by atoms with Gasteiger partial charge in [0, 0.05) is 13.1 Å². The lowest BCUT2D eigenvalue weighted by atomic mass is 9.85. The third kappa shape index (κ3) is 4.07. The van der Waals surface area contributed by atoms with Gasteiger partial charge in [-0.2, -0.15) is 0 Å². The van der Waals surface area contributed by atoms with Crippen LogP contribution in [0.1, 0.15) is 37.3 Å². The maximum absolute atomic E-state index is 11.5. The highest BCUT2D eigenvalue weighted by Gasteiger charge is 2.20. The SMILES string of the molecule is CCN(Cc1ccccc1CC(=O)OC)CC1CCC1. The van der Waals surface area contributed by atoms with E-state index in [0.717, 1.165) is 24.6 Å². The van der Waals surface area contributed by atoms with Gasteiger partial charge in [0.1, 0.15) is 0 Å². The molecule has 0 aromatic heterocycles. The molecule has 1 aliphatic rings. The molecule has 3 heteroatoms. The smallest absolute Gasteiger partial charge is 0.309 e. The summed E-state index contributed by atoms with van der Waals surface area (Å²) in [5.41, 5.74) is 2.34. The number of benzene rings is 1. The Balaban J connectivity index is 2.00. The monoisotopic (exact) mass is 275 g/mol. The lowest BCUT2D eigenvalue weighted by Gasteiger charge is -2.32. The summed E-state index contributed by atoms with van der Waals surface area (Å²) in [6.45, 7) is 5.38. The van der Waals surface area contributed by atoms with Gasteiger partial charge in [0.2, 0.25) is 0 Å². The first kappa shape index (κ1) is 15.0. The van der Waals surface area contributed by atoms with Gasteiger partial charge in [-0.05, 0) is 36.4 Å². The second-order valence-electron chi connectivity index (χ2n) is 5.65. The van der Waals surface area contributed by atoms with Crippen LogP contribution in [-0.2, 0) is 22.5 Å². The summed E-state index contributed by atoms with van der Waals surface area (Å²) >= 11 is 0. The number of hydrogen-bond acceptors (Lipinski definition) is 3. The Hall–Kier alpha value is -1.35. The predicted molar refractivity (Wildman–Crippen MR) is 80.5 cm³/mol. The fraction of sp³-hybridized carbons (Fsp3) is 0.588. The molecule has 0 saturated heterocycles. The molecule has 0 heterocycles. The van der Waals surface area contributed by atoms with E-state index in [-0.39, 0.29) is 5.97 Å². The Morgan fingerprint density at radius 2 is 2.00 bits per heavy atom. The first-order chi connectivity index (χ1) is 9.72. The molecular weight excluding hydrogens is 250 g/mol. The van der Waals surface area contributed by atoms with E-state index < -0.39 is 0 Å². The molecular formula is C17H25NO2. The van der Waals surface area contributed by atoms with E-state index in [1.807, 2.05) is 18.2 Å². The molecule has 0 aliphatic heterocycles. The molecule has 1 fully saturated rings. The molecule has 0 unspecified atom stereocenters. The van der Waals surface area contributed by atoms with Crippen molar-refractivity contribution in [1.29, 1.82) is 0 Å². The van der Waals surface area contributed by atoms with Gasteiger partial charge >= 0.3 is 5.97 Å². The van der Waals surface area contributed by atoms with Crippen LogP contribution >= 0.6 is 0 Å². The quantitative estimate of drug-likeness (QED) is 0.716. The van der Waals surface area contributed by atoms with E-state index in [0.29, 0.717) is 6.42 Å². The van der Waals surface area contributed by atoms with E-state index in [4.69, 9.17) is 4.74 Å². The Labute approximate surface area is 121 Å². The van der Waals surface area contributed by atoms with Crippen molar-refractivity contribution in [2.75, 3.05) is 20.2 Å². The Bertz CT molecular complexity index is 440. The van der Waals surface area contributed by atoms with Crippen LogP contribution in [0.4, 0.5) is 0 Å². The minimum absolute atomic E-state index is 0.167. The van der Waals surface area contributed by atoms with Crippen molar-refractivity contribution in [2.45, 2.75) is 39.2 Å². The van der Waals surface area contributed by atoms with Crippen LogP contribution < -0.4 is 0 Å². The number of ether oxygens (including phenoxy) is 1. The van der Waals surface area contributed by atoms with E-state index in [9.17, 15) is 4.79 Å². The van der Waals surface area contributed by atoms with Crippen LogP contribution in [0, 0.1) is 5.92 Å². The van der Waals surface area contributed by atoms with E-state index in [1.54, 1.807) is 0 Å². The predicted octanol–water partition coefficient (Wildman–Crippen LogP) is 3.02. The van der Waals surface area contributed by atoms with Crippen LogP contribution in [0.3, 0.4) is 0 Å². The molecule has 3 nitrogen and oxygen atoms in total. The third-order valence-corrected chi connectivity index (χ3v) is 4.26. The third-order valence-electron chi connectivity index (χ3n) is 4.26. The van der Waals surface area contributed by atoms with Crippen LogP contribution in [0.5, 0.6) is 0 Å². The lowest BCUT2D eigenvalue weighted by Crippen LogP contribution is -2.32. The lowest BCUT2D eigenvalue weighted by molar-refractivity contribution is -0.139. The minimum Gasteiger partial charge on any atom is -0.469 e. The van der Waals surface area contributed by atoms with Crippen molar-refractivity contribution in [2.24, 2.45) is 5.92 Å². The van der Waals surface area contributed by atoms with Crippen molar-refractivity contribution in [3.8, 4) is 0 Å². The van der Waals surface area contributed by atoms with Gasteiger partial charge in [0.25, 0.3) is 0 Å². The van der Waals surface area contributed by atoms with Crippen molar-refractivity contribution < 1.29 is 9.53 Å². The molecule has 0 atom stereocenters. The Morgan fingerprint density at radius 3 is 2.55 bits per heavy atom. The highest BCUT2D eigenvalue weighted by molar-refractivity contribution is 5.72. The topological polar surface area (TPSA) is 29.5 Å². The number of carbonyl (C=O) groups is 1. The Morgan fingerprint density at radius 1 is 1.30 bits per heavy atom. The zero-order valence-corrected chi connectivity index (χ0v) is 12.6. The standard InChI is InChI=1S/C17H25NO2/c1-3-18(12-14-7-6-8-14)13-16-10-5-4-9-15(16)11-17(19)20-2/h4-5,9-10,14H,3,6-8,11-13H2,1-2H3. The highest BCUT2D eigenvalue weighted by atomic mass is 16.5. The zero-order chi connectivity index (χ0) is 14.4. The highest BCUT2D eigenvalue weighted by Crippen LogP contribution is 2.27. The summed E-state index contributed by atoms with van der Waals surface area (Å²) in [5, 5.41) is 0. The van der Waals surface area contributed by atoms with Crippen LogP contribution in [0.2, 0.25) is 0 Å². The van der Waals surface area contributed by atoms with Crippen LogP contribution in [0.15, 0.2) is 24.3 Å². The van der Waals surface area contributed by atoms with E-state index in [2.05, 4.69) is 17.9 Å². The second kappa shape index (κ2) is 7.44. The Kier molecular flexibility index (Phi) is 5.60. The summed E-state index contributed by atoms with van der Waals surface area (Å²) in [4.78, 5) is 14.0. The summed E-state index contributed by atoms with van der Waals surface area (Å²) in [6.07, 6.45) is 4.51. The van der Waals surface area contributed by atoms with Crippen molar-refractivity contribution >= 4 is 5.97 Å². The van der Waals surface area contributed by atoms with Crippen molar-refractivity contribution in [1.82, 2.24) is 4.90 Å². The fourth-order valence-electron chi connectivity index (χ4n) is 2.70. The second-order valence-corrected chi connectivity index (χ2v) is 5.65. The summed E-state index contributed by atoms with van der Waals surface area (Å²) in [6, 6.07) is 8.20. The first-order valence-corrected chi connectivity index (χ1v) is 7.59. The molecule has 0 amide bonds. The summed E-state index contributed by atoms with van der Waals surface area (Å²) < 4.78 is 4.78. The van der Waals surface area contributed by atoms with Gasteiger partial charge in [-0.3, -0.25) is 9.69 Å². The maximum Gasteiger partial charge on any atom is 0.309 e. The number of esters is 1. The molecule has 20 heavy (non-hydrogen) atoms. The van der Waals surface area contributed by atoms with E-state index >= 15 is 0 Å². The first-order valence-electron chi connectivity index (χ1n) is 7.59. The fourth-order valence-corrected chi connectivity index (χ4v) is 2.70. The zero-order valence-electron chi connectivity index (χ0n) is 12.6. The molecule has 1 aromatic carbocycles. The van der Waals surface area contributed by atoms with Crippen molar-refractivity contribution in [3.63, 3.8) is 0 Å². The van der Waals surface area contributed by atoms with Gasteiger partial charge in [-0.25, -0.2) is 0 Å². The molecule has 1 aliphatic carbocycles. The van der Waals surface area contributed by atoms with Gasteiger partial charge in [-0.15, -0.1) is 0 Å². The number of rotatable bonds is 7. The van der Waals surface area contributed by atoms with E-state index in [1.165, 1.54) is 38.5 Å². The molecule has 0 radical (unpaired) electrons. The number of carbonyl (C=O) groups excluding carboxylic acids is 1. The van der Waals surface area contributed by atoms with Gasteiger partial charge in [0.05, 0.1) is 13.5 Å². The minimum atomic E-state index is -0.167. The molecule has 0 spiro atoms. The maximum atomic E-state index is 11.5. The summed E-state index contributed by atoms with van der Waals surface area (Å²) in [5.74, 6) is 0.710. The number of methoxy groups -OCH3 is 1. The van der Waals surface area contributed by atoms with Crippen LogP contribution in [0.25, 0.3) is 0 Å². The average molecular weight is 275 g/mol. The molecule has 110 valence electrons. The molecule has 0 N–H and O–H groups in total.